The third kappa shape index (κ3) is 5.44. The average molecular weight is 532 g/mol. The molecule has 1 aromatic carbocycles. The van der Waals surface area contributed by atoms with E-state index in [1.165, 1.54) is 38.6 Å². The predicted octanol–water partition coefficient (Wildman–Crippen LogP) is 3.47. The minimum Gasteiger partial charge on any atom is -0.496 e. The Balaban J connectivity index is 1.58. The number of aromatic nitrogens is 2. The fourth-order valence-corrected chi connectivity index (χ4v) is 4.47. The second kappa shape index (κ2) is 10.7. The number of amides is 1. The van der Waals surface area contributed by atoms with Gasteiger partial charge < -0.3 is 30.1 Å². The molecule has 0 bridgehead atoms. The molecule has 9 nitrogen and oxygen atoms in total. The van der Waals surface area contributed by atoms with Gasteiger partial charge in [-0.15, -0.1) is 0 Å². The maximum Gasteiger partial charge on any atom is 0.416 e. The molecule has 0 unspecified atom stereocenters. The predicted molar refractivity (Wildman–Crippen MR) is 135 cm³/mol. The van der Waals surface area contributed by atoms with Gasteiger partial charge in [-0.2, -0.15) is 13.2 Å². The molecule has 12 heteroatoms. The van der Waals surface area contributed by atoms with Crippen LogP contribution in [0, 0.1) is 0 Å². The van der Waals surface area contributed by atoms with Gasteiger partial charge in [0, 0.05) is 43.5 Å². The van der Waals surface area contributed by atoms with Gasteiger partial charge in [-0.1, -0.05) is 12.1 Å². The van der Waals surface area contributed by atoms with Crippen molar-refractivity contribution in [1.29, 1.82) is 0 Å². The van der Waals surface area contributed by atoms with Crippen LogP contribution in [0.15, 0.2) is 48.8 Å². The maximum atomic E-state index is 13.5. The van der Waals surface area contributed by atoms with Gasteiger partial charge in [0.15, 0.2) is 0 Å². The first-order valence-corrected chi connectivity index (χ1v) is 11.8. The lowest BCUT2D eigenvalue weighted by Crippen LogP contribution is -2.59. The molecule has 38 heavy (non-hydrogen) atoms. The second-order valence-electron chi connectivity index (χ2n) is 8.88. The number of nitrogens with zero attached hydrogens (tertiary/aromatic N) is 4. The van der Waals surface area contributed by atoms with Crippen LogP contribution in [0.3, 0.4) is 0 Å². The van der Waals surface area contributed by atoms with Crippen molar-refractivity contribution in [3.63, 3.8) is 0 Å². The highest BCUT2D eigenvalue weighted by Gasteiger charge is 2.36. The molecule has 0 spiro atoms. The number of nitrogens with two attached hydrogens (primary N) is 1. The standard InChI is InChI=1S/C26H28F3N5O4/c1-15(35)21-14-33(20-13-32-24(30)11-23(20)38-3)8-9-34(21)25(36)19-10-22(37-2)18(12-31-19)16-4-6-17(7-5-16)26(27,28)29/h4-7,10-13,15,21,35H,8-9,14H2,1-3H3,(H2,30,32)/t15-,21+/m0/s1. The molecule has 3 aromatic rings. The van der Waals surface area contributed by atoms with Crippen LogP contribution in [0.1, 0.15) is 23.0 Å². The maximum absolute atomic E-state index is 13.5. The third-order valence-electron chi connectivity index (χ3n) is 6.49. The van der Waals surface area contributed by atoms with E-state index in [-0.39, 0.29) is 18.0 Å². The molecule has 1 saturated heterocycles. The van der Waals surface area contributed by atoms with Crippen molar-refractivity contribution in [2.24, 2.45) is 0 Å². The van der Waals surface area contributed by atoms with Crippen LogP contribution < -0.4 is 20.1 Å². The van der Waals surface area contributed by atoms with E-state index in [1.807, 2.05) is 4.90 Å². The molecule has 202 valence electrons. The zero-order valence-electron chi connectivity index (χ0n) is 21.1. The highest BCUT2D eigenvalue weighted by molar-refractivity contribution is 5.94. The van der Waals surface area contributed by atoms with Crippen molar-refractivity contribution >= 4 is 17.4 Å². The number of hydrogen-bond donors (Lipinski definition) is 2. The minimum absolute atomic E-state index is 0.0864. The number of pyridine rings is 2. The highest BCUT2D eigenvalue weighted by Crippen LogP contribution is 2.35. The number of piperazine rings is 1. The normalized spacial score (nSPS) is 16.8. The smallest absolute Gasteiger partial charge is 0.416 e. The van der Waals surface area contributed by atoms with Crippen molar-refractivity contribution in [3.05, 3.63) is 60.0 Å². The molecule has 2 atom stereocenters. The van der Waals surface area contributed by atoms with E-state index in [0.29, 0.717) is 41.5 Å². The van der Waals surface area contributed by atoms with Gasteiger partial charge in [0.2, 0.25) is 0 Å². The van der Waals surface area contributed by atoms with Gasteiger partial charge in [-0.3, -0.25) is 9.78 Å². The number of aliphatic hydroxyl groups is 1. The van der Waals surface area contributed by atoms with Crippen molar-refractivity contribution in [2.45, 2.75) is 25.2 Å². The first-order valence-electron chi connectivity index (χ1n) is 11.8. The summed E-state index contributed by atoms with van der Waals surface area (Å²) in [6, 6.07) is 7.10. The van der Waals surface area contributed by atoms with Crippen molar-refractivity contribution in [1.82, 2.24) is 14.9 Å². The summed E-state index contributed by atoms with van der Waals surface area (Å²) in [5, 5.41) is 10.5. The lowest BCUT2D eigenvalue weighted by atomic mass is 10.0. The number of hydrogen-bond acceptors (Lipinski definition) is 8. The summed E-state index contributed by atoms with van der Waals surface area (Å²) in [4.78, 5) is 25.4. The number of ether oxygens (including phenoxy) is 2. The molecule has 3 N–H and O–H groups in total. The molecule has 0 saturated carbocycles. The molecule has 1 fully saturated rings. The van der Waals surface area contributed by atoms with E-state index in [4.69, 9.17) is 15.2 Å². The van der Waals surface area contributed by atoms with E-state index in [2.05, 4.69) is 9.97 Å². The largest absolute Gasteiger partial charge is 0.496 e. The molecular formula is C26H28F3N5O4. The van der Waals surface area contributed by atoms with Crippen molar-refractivity contribution in [2.75, 3.05) is 44.5 Å². The van der Waals surface area contributed by atoms with Gasteiger partial charge in [0.05, 0.1) is 43.8 Å². The minimum atomic E-state index is -4.45. The van der Waals surface area contributed by atoms with Gasteiger partial charge in [-0.25, -0.2) is 4.98 Å². The Hall–Kier alpha value is -4.06. The van der Waals surface area contributed by atoms with Crippen LogP contribution in [0.4, 0.5) is 24.7 Å². The van der Waals surface area contributed by atoms with E-state index in [9.17, 15) is 23.1 Å². The molecule has 0 radical (unpaired) electrons. The van der Waals surface area contributed by atoms with Crippen molar-refractivity contribution in [3.8, 4) is 22.6 Å². The number of carbonyl (C=O) groups is 1. The Bertz CT molecular complexity index is 1300. The molecular weight excluding hydrogens is 503 g/mol. The molecule has 1 aliphatic heterocycles. The summed E-state index contributed by atoms with van der Waals surface area (Å²) in [5.41, 5.74) is 6.68. The monoisotopic (exact) mass is 531 g/mol. The Kier molecular flexibility index (Phi) is 7.63. The number of anilines is 2. The van der Waals surface area contributed by atoms with Crippen LogP contribution >= 0.6 is 0 Å². The Morgan fingerprint density at radius 2 is 1.76 bits per heavy atom. The number of alkyl halides is 3. The highest BCUT2D eigenvalue weighted by atomic mass is 19.4. The first kappa shape index (κ1) is 27.0. The quantitative estimate of drug-likeness (QED) is 0.497. The number of benzene rings is 1. The Labute approximate surface area is 217 Å². The number of methoxy groups -OCH3 is 2. The van der Waals surface area contributed by atoms with Crippen molar-refractivity contribution < 1.29 is 32.5 Å². The average Bonchev–Trinajstić information content (AvgIpc) is 2.91. The number of aliphatic hydroxyl groups excluding tert-OH is 1. The van der Waals surface area contributed by atoms with Gasteiger partial charge in [0.25, 0.3) is 5.91 Å². The summed E-state index contributed by atoms with van der Waals surface area (Å²) >= 11 is 0. The zero-order chi connectivity index (χ0) is 27.6. The van der Waals surface area contributed by atoms with E-state index >= 15 is 0 Å². The lowest BCUT2D eigenvalue weighted by Gasteiger charge is -2.43. The van der Waals surface area contributed by atoms with Gasteiger partial charge >= 0.3 is 6.18 Å². The molecule has 1 aliphatic rings. The zero-order valence-corrected chi connectivity index (χ0v) is 21.1. The van der Waals surface area contributed by atoms with E-state index < -0.39 is 29.8 Å². The van der Waals surface area contributed by atoms with Crippen LogP contribution in [0.25, 0.3) is 11.1 Å². The summed E-state index contributed by atoms with van der Waals surface area (Å²) in [6.45, 7) is 2.64. The molecule has 2 aromatic heterocycles. The number of halogens is 3. The fourth-order valence-electron chi connectivity index (χ4n) is 4.47. The molecule has 1 amide bonds. The van der Waals surface area contributed by atoms with Crippen LogP contribution in [0.5, 0.6) is 11.5 Å². The topological polar surface area (TPSA) is 114 Å². The Morgan fingerprint density at radius 3 is 2.37 bits per heavy atom. The van der Waals surface area contributed by atoms with Crippen LogP contribution in [-0.4, -0.2) is 71.9 Å². The summed E-state index contributed by atoms with van der Waals surface area (Å²) in [7, 11) is 2.93. The third-order valence-corrected chi connectivity index (χ3v) is 6.49. The summed E-state index contributed by atoms with van der Waals surface area (Å²) in [6.07, 6.45) is -2.32. The number of carbonyl (C=O) groups excluding carboxylic acids is 1. The molecule has 3 heterocycles. The SMILES string of the molecule is COc1cc(C(=O)N2CCN(c3cnc(N)cc3OC)C[C@@H]2[C@H](C)O)ncc1-c1ccc(C(F)(F)F)cc1. The molecule has 4 rings (SSSR count). The fraction of sp³-hybridized carbons (Fsp3) is 0.346. The van der Waals surface area contributed by atoms with Crippen LogP contribution in [-0.2, 0) is 6.18 Å². The second-order valence-corrected chi connectivity index (χ2v) is 8.88. The van der Waals surface area contributed by atoms with Gasteiger partial charge in [0.1, 0.15) is 23.0 Å². The molecule has 0 aliphatic carbocycles. The van der Waals surface area contributed by atoms with Gasteiger partial charge in [-0.05, 0) is 24.6 Å². The van der Waals surface area contributed by atoms with E-state index in [1.54, 1.807) is 24.1 Å². The summed E-state index contributed by atoms with van der Waals surface area (Å²) in [5.74, 6) is 0.723. The number of nitrogen functional groups attached to an aromatic ring is 1. The van der Waals surface area contributed by atoms with Crippen LogP contribution in [0.2, 0.25) is 0 Å². The Morgan fingerprint density at radius 1 is 1.08 bits per heavy atom. The number of rotatable bonds is 6. The summed E-state index contributed by atoms with van der Waals surface area (Å²) < 4.78 is 49.7. The van der Waals surface area contributed by atoms with E-state index in [0.717, 1.165) is 12.1 Å². The first-order chi connectivity index (χ1) is 18.0. The lowest BCUT2D eigenvalue weighted by molar-refractivity contribution is -0.137.